The van der Waals surface area contributed by atoms with E-state index in [1.165, 1.54) is 98.8 Å². The molecule has 0 aliphatic heterocycles. The van der Waals surface area contributed by atoms with Crippen LogP contribution in [0.3, 0.4) is 0 Å². The van der Waals surface area contributed by atoms with E-state index in [1.54, 1.807) is 38.1 Å². The predicted molar refractivity (Wildman–Crippen MR) is 226 cm³/mol. The molecule has 0 aromatic heterocycles. The second kappa shape index (κ2) is 18.7. The van der Waals surface area contributed by atoms with Crippen molar-refractivity contribution in [2.24, 2.45) is 0 Å². The molecule has 0 saturated carbocycles. The number of phenols is 1. The lowest BCUT2D eigenvalue weighted by atomic mass is 9.94. The number of carbonyl (C=O) groups is 6. The maximum absolute atomic E-state index is 13.6. The zero-order valence-electron chi connectivity index (χ0n) is 33.6. The highest BCUT2D eigenvalue weighted by atomic mass is 16.6. The molecule has 0 fully saturated rings. The number of aromatic carboxylic acids is 1. The minimum atomic E-state index is -1.98. The molecule has 0 aliphatic carbocycles. The van der Waals surface area contributed by atoms with Gasteiger partial charge in [0.05, 0.1) is 22.9 Å². The molecular formula is C44H42N6O11. The summed E-state index contributed by atoms with van der Waals surface area (Å²) in [6.07, 6.45) is -0.496. The first-order valence-corrected chi connectivity index (χ1v) is 18.7. The van der Waals surface area contributed by atoms with E-state index >= 15 is 0 Å². The molecule has 5 amide bonds. The molecule has 0 spiro atoms. The fraction of sp³-hybridized carbons (Fsp3) is 0.182. The minimum Gasteiger partial charge on any atom is -0.504 e. The number of rotatable bonds is 15. The Balaban J connectivity index is 1.26. The molecule has 1 atom stereocenters. The number of benzene rings is 5. The van der Waals surface area contributed by atoms with E-state index < -0.39 is 58.0 Å². The molecule has 61 heavy (non-hydrogen) atoms. The van der Waals surface area contributed by atoms with Crippen LogP contribution in [0.4, 0.5) is 22.7 Å². The SMILES string of the molecule is Cc1ccc(C(=O)Nc2ccc(C(=O)NC(C(=O)Nc3ccc(C(=O)Nc4ccc(C(=O)Nc5ccc(C(=O)O)cc5)c(O)c4OC(C)C)cc3)C(C)(C)[N+](=O)[O-])cc2)cc1. The van der Waals surface area contributed by atoms with Crippen molar-refractivity contribution in [1.82, 2.24) is 5.32 Å². The molecule has 17 heteroatoms. The van der Waals surface area contributed by atoms with Crippen LogP contribution in [-0.2, 0) is 4.79 Å². The number of nitrogens with zero attached hydrogens (tertiary/aromatic N) is 1. The number of phenolic OH excluding ortho intramolecular Hbond substituents is 1. The van der Waals surface area contributed by atoms with E-state index in [9.17, 15) is 44.0 Å². The normalized spacial score (nSPS) is 11.4. The molecule has 314 valence electrons. The third-order valence-electron chi connectivity index (χ3n) is 9.22. The van der Waals surface area contributed by atoms with Gasteiger partial charge >= 0.3 is 5.97 Å². The molecule has 1 unspecified atom stereocenters. The van der Waals surface area contributed by atoms with Gasteiger partial charge in [-0.15, -0.1) is 0 Å². The van der Waals surface area contributed by atoms with Crippen molar-refractivity contribution >= 4 is 58.3 Å². The van der Waals surface area contributed by atoms with Crippen LogP contribution in [0.1, 0.15) is 85.0 Å². The number of carboxylic acids is 1. The lowest BCUT2D eigenvalue weighted by molar-refractivity contribution is -0.562. The number of aryl methyl sites for hydroxylation is 1. The Morgan fingerprint density at radius 3 is 1.56 bits per heavy atom. The molecule has 0 saturated heterocycles. The zero-order valence-corrected chi connectivity index (χ0v) is 33.6. The van der Waals surface area contributed by atoms with Crippen LogP contribution in [0.5, 0.6) is 11.5 Å². The number of ether oxygens (including phenoxy) is 1. The van der Waals surface area contributed by atoms with Crippen LogP contribution < -0.4 is 31.3 Å². The van der Waals surface area contributed by atoms with Crippen molar-refractivity contribution in [2.75, 3.05) is 21.3 Å². The summed E-state index contributed by atoms with van der Waals surface area (Å²) in [4.78, 5) is 88.4. The summed E-state index contributed by atoms with van der Waals surface area (Å²) in [6.45, 7) is 7.61. The van der Waals surface area contributed by atoms with Gasteiger partial charge in [0.25, 0.3) is 29.5 Å². The molecule has 0 radical (unpaired) electrons. The third-order valence-corrected chi connectivity index (χ3v) is 9.22. The van der Waals surface area contributed by atoms with Gasteiger partial charge in [0.15, 0.2) is 17.5 Å². The Morgan fingerprint density at radius 1 is 0.623 bits per heavy atom. The van der Waals surface area contributed by atoms with Crippen LogP contribution in [0.25, 0.3) is 0 Å². The second-order valence-corrected chi connectivity index (χ2v) is 14.6. The number of amides is 5. The number of carboxylic acid groups (broad SMARTS) is 1. The van der Waals surface area contributed by atoms with Crippen LogP contribution >= 0.6 is 0 Å². The number of hydrogen-bond acceptors (Lipinski definition) is 10. The third kappa shape index (κ3) is 10.9. The first kappa shape index (κ1) is 44.0. The van der Waals surface area contributed by atoms with Crippen LogP contribution in [0.15, 0.2) is 109 Å². The molecular weight excluding hydrogens is 789 g/mol. The number of anilines is 4. The van der Waals surface area contributed by atoms with E-state index in [-0.39, 0.29) is 51.0 Å². The van der Waals surface area contributed by atoms with E-state index in [2.05, 4.69) is 26.6 Å². The van der Waals surface area contributed by atoms with Gasteiger partial charge in [-0.25, -0.2) is 4.79 Å². The molecule has 17 nitrogen and oxygen atoms in total. The predicted octanol–water partition coefficient (Wildman–Crippen LogP) is 6.74. The fourth-order valence-electron chi connectivity index (χ4n) is 5.71. The minimum absolute atomic E-state index is 0.0164. The molecule has 7 N–H and O–H groups in total. The van der Waals surface area contributed by atoms with Gasteiger partial charge in [-0.1, -0.05) is 17.7 Å². The van der Waals surface area contributed by atoms with Crippen LogP contribution in [-0.4, -0.2) is 68.3 Å². The summed E-state index contributed by atoms with van der Waals surface area (Å²) in [5, 5.41) is 45.2. The standard InChI is InChI=1S/C44H42N6O11/c1-24(2)61-36-34(23-22-33(35(36)51)41(55)46-31-20-14-29(15-21-31)43(57)58)48-39(53)27-10-18-32(19-11-27)47-42(56)37(44(4,5)50(59)60)49-40(54)28-12-16-30(17-13-28)45-38(52)26-8-6-25(3)7-9-26/h6-24,37,51H,1-5H3,(H,45,52)(H,46,55)(H,47,56)(H,48,53)(H,49,54)(H,57,58). The smallest absolute Gasteiger partial charge is 0.335 e. The quantitative estimate of drug-likeness (QED) is 0.0430. The second-order valence-electron chi connectivity index (χ2n) is 14.6. The van der Waals surface area contributed by atoms with E-state index in [0.29, 0.717) is 11.3 Å². The van der Waals surface area contributed by atoms with Crippen molar-refractivity contribution in [2.45, 2.75) is 52.3 Å². The van der Waals surface area contributed by atoms with Crippen molar-refractivity contribution in [3.05, 3.63) is 153 Å². The lowest BCUT2D eigenvalue weighted by Crippen LogP contribution is -2.59. The molecule has 0 heterocycles. The molecule has 0 bridgehead atoms. The van der Waals surface area contributed by atoms with Crippen molar-refractivity contribution in [1.29, 1.82) is 0 Å². The van der Waals surface area contributed by atoms with Crippen molar-refractivity contribution < 1.29 is 48.6 Å². The van der Waals surface area contributed by atoms with Gasteiger partial charge in [-0.05, 0) is 118 Å². The maximum Gasteiger partial charge on any atom is 0.335 e. The van der Waals surface area contributed by atoms with Gasteiger partial charge in [-0.3, -0.25) is 34.1 Å². The average molecular weight is 831 g/mol. The molecule has 5 rings (SSSR count). The van der Waals surface area contributed by atoms with Gasteiger partial charge in [0.2, 0.25) is 5.54 Å². The fourth-order valence-corrected chi connectivity index (χ4v) is 5.71. The number of aromatic hydroxyl groups is 1. The molecule has 0 aliphatic rings. The van der Waals surface area contributed by atoms with Gasteiger partial charge in [0, 0.05) is 52.5 Å². The van der Waals surface area contributed by atoms with Crippen LogP contribution in [0.2, 0.25) is 0 Å². The first-order valence-electron chi connectivity index (χ1n) is 18.7. The first-order chi connectivity index (χ1) is 28.8. The van der Waals surface area contributed by atoms with Crippen molar-refractivity contribution in [3.63, 3.8) is 0 Å². The topological polar surface area (TPSA) is 255 Å². The highest BCUT2D eigenvalue weighted by molar-refractivity contribution is 6.10. The number of hydrogen-bond donors (Lipinski definition) is 7. The zero-order chi connectivity index (χ0) is 44.6. The highest BCUT2D eigenvalue weighted by Gasteiger charge is 2.46. The Morgan fingerprint density at radius 2 is 1.07 bits per heavy atom. The van der Waals surface area contributed by atoms with Crippen LogP contribution in [0, 0.1) is 17.0 Å². The highest BCUT2D eigenvalue weighted by Crippen LogP contribution is 2.39. The van der Waals surface area contributed by atoms with E-state index in [0.717, 1.165) is 5.56 Å². The van der Waals surface area contributed by atoms with Gasteiger partial charge < -0.3 is 41.5 Å². The molecule has 5 aromatic carbocycles. The van der Waals surface area contributed by atoms with Crippen molar-refractivity contribution in [3.8, 4) is 11.5 Å². The number of carbonyl (C=O) groups excluding carboxylic acids is 5. The van der Waals surface area contributed by atoms with Gasteiger partial charge in [0.1, 0.15) is 0 Å². The summed E-state index contributed by atoms with van der Waals surface area (Å²) in [7, 11) is 0. The maximum atomic E-state index is 13.6. The Kier molecular flexibility index (Phi) is 13.5. The summed E-state index contributed by atoms with van der Waals surface area (Å²) < 4.78 is 5.77. The van der Waals surface area contributed by atoms with Gasteiger partial charge in [-0.2, -0.15) is 0 Å². The summed E-state index contributed by atoms with van der Waals surface area (Å²) >= 11 is 0. The average Bonchev–Trinajstić information content (AvgIpc) is 3.21. The monoisotopic (exact) mass is 830 g/mol. The summed E-state index contributed by atoms with van der Waals surface area (Å²) in [5.41, 5.74) is 0.261. The Labute approximate surface area is 349 Å². The number of nitro groups is 1. The Hall–Kier alpha value is -8.08. The summed E-state index contributed by atoms with van der Waals surface area (Å²) in [5.74, 6) is -5.36. The number of nitrogens with one attached hydrogen (secondary N) is 5. The lowest BCUT2D eigenvalue weighted by Gasteiger charge is -2.26. The Bertz CT molecular complexity index is 2480. The molecule has 5 aromatic rings. The summed E-state index contributed by atoms with van der Waals surface area (Å²) in [6, 6.07) is 24.5. The van der Waals surface area contributed by atoms with E-state index in [4.69, 9.17) is 9.84 Å². The van der Waals surface area contributed by atoms with E-state index in [1.807, 2.05) is 6.92 Å². The largest absolute Gasteiger partial charge is 0.504 e.